The summed E-state index contributed by atoms with van der Waals surface area (Å²) in [5, 5.41) is 12.2. The lowest BCUT2D eigenvalue weighted by Gasteiger charge is -2.11. The number of ether oxygens (including phenoxy) is 2. The normalized spacial score (nSPS) is 11.2. The minimum absolute atomic E-state index is 0.00976. The fourth-order valence-corrected chi connectivity index (χ4v) is 2.90. The Kier molecular flexibility index (Phi) is 7.14. The number of carbonyl (C=O) groups excluding carboxylic acids is 1. The summed E-state index contributed by atoms with van der Waals surface area (Å²) >= 11 is 0. The largest absolute Gasteiger partial charge is 0.438 e. The van der Waals surface area contributed by atoms with Crippen LogP contribution in [0.3, 0.4) is 0 Å². The summed E-state index contributed by atoms with van der Waals surface area (Å²) in [5.41, 5.74) is 0.555. The lowest BCUT2D eigenvalue weighted by Crippen LogP contribution is -2.27. The average Bonchev–Trinajstić information content (AvgIpc) is 2.78. The molecule has 3 aromatic rings. The Labute approximate surface area is 179 Å². The third-order valence-corrected chi connectivity index (χ3v) is 4.47. The number of amides is 1. The Morgan fingerprint density at radius 2 is 2.03 bits per heavy atom. The minimum atomic E-state index is -0.585. The molecule has 0 aliphatic carbocycles. The molecule has 3 rings (SSSR count). The SMILES string of the molecule is COCCCNC(=O)C(C#N)=Cc1c(Oc2ccccc2)nc2c(C)cccn2c1=O. The van der Waals surface area contributed by atoms with Gasteiger partial charge in [0, 0.05) is 26.5 Å². The molecule has 0 radical (unpaired) electrons. The smallest absolute Gasteiger partial charge is 0.269 e. The monoisotopic (exact) mass is 418 g/mol. The first kappa shape index (κ1) is 21.7. The molecule has 1 aromatic carbocycles. The van der Waals surface area contributed by atoms with Crippen LogP contribution in [0.5, 0.6) is 11.6 Å². The molecule has 0 aliphatic heterocycles. The average molecular weight is 418 g/mol. The number of nitriles is 1. The zero-order valence-electron chi connectivity index (χ0n) is 17.3. The van der Waals surface area contributed by atoms with Gasteiger partial charge in [0.1, 0.15) is 28.6 Å². The van der Waals surface area contributed by atoms with Crippen LogP contribution in [-0.2, 0) is 9.53 Å². The first-order chi connectivity index (χ1) is 15.0. The van der Waals surface area contributed by atoms with E-state index in [9.17, 15) is 14.9 Å². The minimum Gasteiger partial charge on any atom is -0.438 e. The molecule has 0 fully saturated rings. The van der Waals surface area contributed by atoms with E-state index < -0.39 is 11.5 Å². The summed E-state index contributed by atoms with van der Waals surface area (Å²) in [6.45, 7) is 2.65. The standard InChI is InChI=1S/C23H22N4O4/c1-16-8-6-12-27-20(16)26-22(31-18-9-4-3-5-10-18)19(23(27)29)14-17(15-24)21(28)25-11-7-13-30-2/h3-6,8-10,12,14H,7,11,13H2,1-2H3,(H,25,28). The van der Waals surface area contributed by atoms with Gasteiger partial charge in [-0.25, -0.2) is 0 Å². The third kappa shape index (κ3) is 5.15. The Balaban J connectivity index is 2.08. The van der Waals surface area contributed by atoms with Crippen LogP contribution in [-0.4, -0.2) is 35.6 Å². The Morgan fingerprint density at radius 3 is 2.74 bits per heavy atom. The summed E-state index contributed by atoms with van der Waals surface area (Å²) in [4.78, 5) is 30.1. The zero-order chi connectivity index (χ0) is 22.2. The predicted octanol–water partition coefficient (Wildman–Crippen LogP) is 2.85. The number of carbonyl (C=O) groups is 1. The number of nitrogens with one attached hydrogen (secondary N) is 1. The molecular weight excluding hydrogens is 396 g/mol. The van der Waals surface area contributed by atoms with E-state index in [2.05, 4.69) is 10.3 Å². The molecule has 2 heterocycles. The fourth-order valence-electron chi connectivity index (χ4n) is 2.90. The number of nitrogens with zero attached hydrogens (tertiary/aromatic N) is 3. The number of para-hydroxylation sites is 1. The van der Waals surface area contributed by atoms with Crippen LogP contribution in [0.1, 0.15) is 17.5 Å². The molecule has 1 N–H and O–H groups in total. The van der Waals surface area contributed by atoms with Crippen molar-refractivity contribution in [1.29, 1.82) is 5.26 Å². The van der Waals surface area contributed by atoms with E-state index in [4.69, 9.17) is 9.47 Å². The van der Waals surface area contributed by atoms with Crippen LogP contribution in [0.15, 0.2) is 59.0 Å². The van der Waals surface area contributed by atoms with Crippen molar-refractivity contribution in [2.45, 2.75) is 13.3 Å². The third-order valence-electron chi connectivity index (χ3n) is 4.47. The number of rotatable bonds is 8. The number of benzene rings is 1. The van der Waals surface area contributed by atoms with E-state index in [1.165, 1.54) is 10.5 Å². The van der Waals surface area contributed by atoms with E-state index in [1.807, 2.05) is 25.1 Å². The van der Waals surface area contributed by atoms with Gasteiger partial charge in [0.15, 0.2) is 0 Å². The molecular formula is C23H22N4O4. The number of hydrogen-bond acceptors (Lipinski definition) is 6. The topological polar surface area (TPSA) is 106 Å². The lowest BCUT2D eigenvalue weighted by atomic mass is 10.1. The van der Waals surface area contributed by atoms with E-state index in [0.29, 0.717) is 31.0 Å². The van der Waals surface area contributed by atoms with Gasteiger partial charge in [0.25, 0.3) is 11.5 Å². The van der Waals surface area contributed by atoms with Gasteiger partial charge >= 0.3 is 0 Å². The Morgan fingerprint density at radius 1 is 1.26 bits per heavy atom. The molecule has 0 aliphatic rings. The van der Waals surface area contributed by atoms with Gasteiger partial charge in [-0.3, -0.25) is 14.0 Å². The molecule has 31 heavy (non-hydrogen) atoms. The summed E-state index contributed by atoms with van der Waals surface area (Å²) in [7, 11) is 1.57. The highest BCUT2D eigenvalue weighted by molar-refractivity contribution is 6.01. The summed E-state index contributed by atoms with van der Waals surface area (Å²) in [5.74, 6) is -0.0899. The van der Waals surface area contributed by atoms with Crippen molar-refractivity contribution in [2.24, 2.45) is 0 Å². The van der Waals surface area contributed by atoms with Gasteiger partial charge in [0.05, 0.1) is 0 Å². The van der Waals surface area contributed by atoms with Crippen molar-refractivity contribution >= 4 is 17.6 Å². The maximum absolute atomic E-state index is 13.2. The Bertz CT molecular complexity index is 1210. The van der Waals surface area contributed by atoms with Crippen molar-refractivity contribution in [3.05, 3.63) is 75.7 Å². The van der Waals surface area contributed by atoms with Gasteiger partial charge in [0.2, 0.25) is 5.88 Å². The van der Waals surface area contributed by atoms with Gasteiger partial charge in [-0.15, -0.1) is 0 Å². The highest BCUT2D eigenvalue weighted by Crippen LogP contribution is 2.24. The molecule has 0 bridgehead atoms. The van der Waals surface area contributed by atoms with Crippen molar-refractivity contribution in [2.75, 3.05) is 20.3 Å². The molecule has 0 saturated carbocycles. The van der Waals surface area contributed by atoms with Crippen molar-refractivity contribution in [3.8, 4) is 17.7 Å². The second-order valence-electron chi connectivity index (χ2n) is 6.71. The number of aromatic nitrogens is 2. The molecule has 0 saturated heterocycles. The number of aryl methyl sites for hydroxylation is 1. The van der Waals surface area contributed by atoms with Crippen molar-refractivity contribution in [1.82, 2.24) is 14.7 Å². The quantitative estimate of drug-likeness (QED) is 0.343. The first-order valence-corrected chi connectivity index (χ1v) is 9.69. The number of fused-ring (bicyclic) bond motifs is 1. The molecule has 0 unspecified atom stereocenters. The number of methoxy groups -OCH3 is 1. The second-order valence-corrected chi connectivity index (χ2v) is 6.71. The van der Waals surface area contributed by atoms with E-state index in [1.54, 1.807) is 43.6 Å². The number of hydrogen-bond donors (Lipinski definition) is 1. The summed E-state index contributed by atoms with van der Waals surface area (Å²) < 4.78 is 12.2. The Hall–Kier alpha value is -3.96. The lowest BCUT2D eigenvalue weighted by molar-refractivity contribution is -0.117. The van der Waals surface area contributed by atoms with Gasteiger partial charge < -0.3 is 14.8 Å². The van der Waals surface area contributed by atoms with E-state index >= 15 is 0 Å². The van der Waals surface area contributed by atoms with Crippen LogP contribution in [0.2, 0.25) is 0 Å². The summed E-state index contributed by atoms with van der Waals surface area (Å²) in [6.07, 6.45) is 3.40. The maximum atomic E-state index is 13.2. The van der Waals surface area contributed by atoms with E-state index in [0.717, 1.165) is 5.56 Å². The molecule has 8 nitrogen and oxygen atoms in total. The van der Waals surface area contributed by atoms with Crippen LogP contribution < -0.4 is 15.6 Å². The molecule has 1 amide bonds. The highest BCUT2D eigenvalue weighted by Gasteiger charge is 2.18. The fraction of sp³-hybridized carbons (Fsp3) is 0.217. The van der Waals surface area contributed by atoms with E-state index in [-0.39, 0.29) is 17.0 Å². The van der Waals surface area contributed by atoms with Gasteiger partial charge in [-0.05, 0) is 43.2 Å². The molecule has 8 heteroatoms. The van der Waals surface area contributed by atoms with Crippen LogP contribution >= 0.6 is 0 Å². The van der Waals surface area contributed by atoms with Gasteiger partial charge in [-0.2, -0.15) is 10.2 Å². The van der Waals surface area contributed by atoms with Crippen molar-refractivity contribution < 1.29 is 14.3 Å². The second kappa shape index (κ2) is 10.2. The van der Waals surface area contributed by atoms with Crippen molar-refractivity contribution in [3.63, 3.8) is 0 Å². The molecule has 0 spiro atoms. The summed E-state index contributed by atoms with van der Waals surface area (Å²) in [6, 6.07) is 14.3. The number of pyridine rings is 1. The van der Waals surface area contributed by atoms with Crippen LogP contribution in [0, 0.1) is 18.3 Å². The van der Waals surface area contributed by atoms with Gasteiger partial charge in [-0.1, -0.05) is 24.3 Å². The first-order valence-electron chi connectivity index (χ1n) is 9.69. The maximum Gasteiger partial charge on any atom is 0.269 e. The van der Waals surface area contributed by atoms with Crippen LogP contribution in [0.25, 0.3) is 11.7 Å². The predicted molar refractivity (Wildman–Crippen MR) is 116 cm³/mol. The zero-order valence-corrected chi connectivity index (χ0v) is 17.3. The molecule has 158 valence electrons. The van der Waals surface area contributed by atoms with Crippen LogP contribution in [0.4, 0.5) is 0 Å². The highest BCUT2D eigenvalue weighted by atomic mass is 16.5. The molecule has 2 aromatic heterocycles. The molecule has 0 atom stereocenters.